The summed E-state index contributed by atoms with van der Waals surface area (Å²) in [6, 6.07) is 8.52. The maximum atomic E-state index is 11.8. The first-order chi connectivity index (χ1) is 11.1. The zero-order valence-electron chi connectivity index (χ0n) is 16.3. The molecule has 1 aromatic carbocycles. The van der Waals surface area contributed by atoms with Crippen LogP contribution in [0.15, 0.2) is 24.3 Å². The maximum absolute atomic E-state index is 11.8. The van der Waals surface area contributed by atoms with Crippen LogP contribution in [0.5, 0.6) is 0 Å². The smallest absolute Gasteiger partial charge is 0.407 e. The van der Waals surface area contributed by atoms with Gasteiger partial charge in [0.05, 0.1) is 0 Å². The second-order valence-electron chi connectivity index (χ2n) is 8.05. The Bertz CT molecular complexity index is 519. The first-order valence-electron chi connectivity index (χ1n) is 8.89. The monoisotopic (exact) mass is 334 g/mol. The summed E-state index contributed by atoms with van der Waals surface area (Å²) in [4.78, 5) is 11.8. The van der Waals surface area contributed by atoms with E-state index in [9.17, 15) is 4.79 Å². The molecule has 136 valence electrons. The first-order valence-corrected chi connectivity index (χ1v) is 8.89. The van der Waals surface area contributed by atoms with E-state index in [1.165, 1.54) is 5.56 Å². The lowest BCUT2D eigenvalue weighted by atomic mass is 9.95. The van der Waals surface area contributed by atoms with Crippen LogP contribution in [0.2, 0.25) is 0 Å². The van der Waals surface area contributed by atoms with Crippen molar-refractivity contribution in [1.82, 2.24) is 5.32 Å². The van der Waals surface area contributed by atoms with Gasteiger partial charge in [-0.25, -0.2) is 4.79 Å². The summed E-state index contributed by atoms with van der Waals surface area (Å²) < 4.78 is 5.30. The predicted octanol–water partition coefficient (Wildman–Crippen LogP) is 5.02. The molecule has 0 saturated heterocycles. The number of benzene rings is 1. The Morgan fingerprint density at radius 1 is 1.12 bits per heavy atom. The summed E-state index contributed by atoms with van der Waals surface area (Å²) in [6.45, 7) is 15.8. The first kappa shape index (κ1) is 20.3. The molecule has 0 aromatic heterocycles. The van der Waals surface area contributed by atoms with Gasteiger partial charge < -0.3 is 15.4 Å². The van der Waals surface area contributed by atoms with E-state index in [4.69, 9.17) is 4.74 Å². The second kappa shape index (κ2) is 8.95. The van der Waals surface area contributed by atoms with Crippen molar-refractivity contribution >= 4 is 11.8 Å². The molecular weight excluding hydrogens is 300 g/mol. The Morgan fingerprint density at radius 3 is 2.33 bits per heavy atom. The third kappa shape index (κ3) is 7.71. The molecule has 0 radical (unpaired) electrons. The van der Waals surface area contributed by atoms with E-state index in [1.807, 2.05) is 20.8 Å². The molecule has 0 heterocycles. The molecule has 1 atom stereocenters. The molecule has 0 aliphatic heterocycles. The molecule has 1 aromatic rings. The van der Waals surface area contributed by atoms with Gasteiger partial charge in [-0.05, 0) is 56.2 Å². The highest BCUT2D eigenvalue weighted by atomic mass is 16.6. The number of anilines is 1. The highest BCUT2D eigenvalue weighted by Gasteiger charge is 2.19. The number of hydrogen-bond donors (Lipinski definition) is 2. The van der Waals surface area contributed by atoms with Crippen LogP contribution in [0, 0.1) is 11.8 Å². The average molecular weight is 335 g/mol. The van der Waals surface area contributed by atoms with Crippen LogP contribution in [0.25, 0.3) is 0 Å². The number of nitrogens with one attached hydrogen (secondary N) is 2. The predicted molar refractivity (Wildman–Crippen MR) is 102 cm³/mol. The van der Waals surface area contributed by atoms with E-state index in [0.717, 1.165) is 12.2 Å². The van der Waals surface area contributed by atoms with Gasteiger partial charge in [0.2, 0.25) is 0 Å². The normalized spacial score (nSPS) is 13.0. The largest absolute Gasteiger partial charge is 0.444 e. The van der Waals surface area contributed by atoms with Gasteiger partial charge in [-0.1, -0.05) is 39.8 Å². The molecule has 0 bridgehead atoms. The molecular formula is C20H34N2O2. The molecule has 0 spiro atoms. The van der Waals surface area contributed by atoms with Crippen LogP contribution < -0.4 is 10.6 Å². The standard InChI is InChI=1S/C20H34N2O2/c1-14(2)16-9-8-10-18(11-16)21-12-17(15(3)4)13-22-19(23)24-20(5,6)7/h8-11,14-15,17,21H,12-13H2,1-7H3,(H,22,23). The lowest BCUT2D eigenvalue weighted by Crippen LogP contribution is -2.38. The molecule has 1 rings (SSSR count). The van der Waals surface area contributed by atoms with E-state index in [1.54, 1.807) is 0 Å². The minimum absolute atomic E-state index is 0.334. The van der Waals surface area contributed by atoms with Gasteiger partial charge >= 0.3 is 6.09 Å². The van der Waals surface area contributed by atoms with Crippen LogP contribution in [-0.2, 0) is 4.74 Å². The molecule has 1 unspecified atom stereocenters. The Labute approximate surface area is 147 Å². The van der Waals surface area contributed by atoms with Gasteiger partial charge in [0, 0.05) is 18.8 Å². The summed E-state index contributed by atoms with van der Waals surface area (Å²) in [7, 11) is 0. The van der Waals surface area contributed by atoms with E-state index in [0.29, 0.717) is 24.3 Å². The van der Waals surface area contributed by atoms with Crippen molar-refractivity contribution in [2.75, 3.05) is 18.4 Å². The van der Waals surface area contributed by atoms with Crippen LogP contribution in [0.4, 0.5) is 10.5 Å². The van der Waals surface area contributed by atoms with Gasteiger partial charge in [0.15, 0.2) is 0 Å². The minimum Gasteiger partial charge on any atom is -0.444 e. The van der Waals surface area contributed by atoms with Crippen LogP contribution in [0.1, 0.15) is 59.9 Å². The van der Waals surface area contributed by atoms with E-state index in [2.05, 4.69) is 62.6 Å². The number of alkyl carbamates (subject to hydrolysis) is 1. The van der Waals surface area contributed by atoms with E-state index in [-0.39, 0.29) is 6.09 Å². The van der Waals surface area contributed by atoms with Gasteiger partial charge in [-0.15, -0.1) is 0 Å². The molecule has 1 amide bonds. The van der Waals surface area contributed by atoms with Crippen molar-refractivity contribution in [1.29, 1.82) is 0 Å². The van der Waals surface area contributed by atoms with Crippen molar-refractivity contribution in [2.45, 2.75) is 60.0 Å². The molecule has 24 heavy (non-hydrogen) atoms. The number of carbonyl (C=O) groups excluding carboxylic acids is 1. The fourth-order valence-electron chi connectivity index (χ4n) is 2.33. The highest BCUT2D eigenvalue weighted by molar-refractivity contribution is 5.67. The number of amides is 1. The van der Waals surface area contributed by atoms with E-state index >= 15 is 0 Å². The Balaban J connectivity index is 2.55. The van der Waals surface area contributed by atoms with Crippen molar-refractivity contribution in [3.63, 3.8) is 0 Å². The lowest BCUT2D eigenvalue weighted by Gasteiger charge is -2.24. The second-order valence-corrected chi connectivity index (χ2v) is 8.05. The molecule has 4 heteroatoms. The number of ether oxygens (including phenoxy) is 1. The zero-order valence-corrected chi connectivity index (χ0v) is 16.3. The molecule has 4 nitrogen and oxygen atoms in total. The molecule has 0 aliphatic carbocycles. The third-order valence-corrected chi connectivity index (χ3v) is 3.97. The van der Waals surface area contributed by atoms with Gasteiger partial charge in [0.25, 0.3) is 0 Å². The van der Waals surface area contributed by atoms with Crippen LogP contribution in [-0.4, -0.2) is 24.8 Å². The quantitative estimate of drug-likeness (QED) is 0.736. The Hall–Kier alpha value is -1.71. The van der Waals surface area contributed by atoms with Crippen LogP contribution in [0.3, 0.4) is 0 Å². The molecule has 0 fully saturated rings. The summed E-state index contributed by atoms with van der Waals surface area (Å²) in [5, 5.41) is 6.39. The molecule has 0 saturated carbocycles. The summed E-state index contributed by atoms with van der Waals surface area (Å²) in [5.41, 5.74) is 1.99. The fraction of sp³-hybridized carbons (Fsp3) is 0.650. The van der Waals surface area contributed by atoms with Crippen molar-refractivity contribution < 1.29 is 9.53 Å². The highest BCUT2D eigenvalue weighted by Crippen LogP contribution is 2.19. The fourth-order valence-corrected chi connectivity index (χ4v) is 2.33. The average Bonchev–Trinajstić information content (AvgIpc) is 2.45. The van der Waals surface area contributed by atoms with Gasteiger partial charge in [-0.2, -0.15) is 0 Å². The Morgan fingerprint density at radius 2 is 1.79 bits per heavy atom. The van der Waals surface area contributed by atoms with Crippen molar-refractivity contribution in [2.24, 2.45) is 11.8 Å². The minimum atomic E-state index is -0.465. The zero-order chi connectivity index (χ0) is 18.3. The topological polar surface area (TPSA) is 50.4 Å². The SMILES string of the molecule is CC(C)c1cccc(NCC(CNC(=O)OC(C)(C)C)C(C)C)c1. The van der Waals surface area contributed by atoms with Crippen molar-refractivity contribution in [3.8, 4) is 0 Å². The number of carbonyl (C=O) groups is 1. The summed E-state index contributed by atoms with van der Waals surface area (Å²) in [6.07, 6.45) is -0.352. The van der Waals surface area contributed by atoms with Gasteiger partial charge in [0.1, 0.15) is 5.60 Å². The Kier molecular flexibility index (Phi) is 7.59. The van der Waals surface area contributed by atoms with Crippen LogP contribution >= 0.6 is 0 Å². The summed E-state index contributed by atoms with van der Waals surface area (Å²) in [5.74, 6) is 1.31. The number of rotatable bonds is 7. The third-order valence-electron chi connectivity index (χ3n) is 3.97. The molecule has 2 N–H and O–H groups in total. The number of hydrogen-bond acceptors (Lipinski definition) is 3. The van der Waals surface area contributed by atoms with E-state index < -0.39 is 5.60 Å². The molecule has 0 aliphatic rings. The summed E-state index contributed by atoms with van der Waals surface area (Å²) >= 11 is 0. The van der Waals surface area contributed by atoms with Crippen molar-refractivity contribution in [3.05, 3.63) is 29.8 Å². The lowest BCUT2D eigenvalue weighted by molar-refractivity contribution is 0.0516. The maximum Gasteiger partial charge on any atom is 0.407 e. The van der Waals surface area contributed by atoms with Gasteiger partial charge in [-0.3, -0.25) is 0 Å².